The van der Waals surface area contributed by atoms with Crippen molar-refractivity contribution >= 4 is 17.4 Å². The second kappa shape index (κ2) is 5.18. The second-order valence-corrected chi connectivity index (χ2v) is 5.39. The number of para-hydroxylation sites is 1. The van der Waals surface area contributed by atoms with Crippen molar-refractivity contribution in [2.24, 2.45) is 0 Å². The minimum Gasteiger partial charge on any atom is -0.332 e. The number of benzene rings is 1. The summed E-state index contributed by atoms with van der Waals surface area (Å²) in [5.74, 6) is 0. The fraction of sp³-hybridized carbons (Fsp3) is 0.176. The Morgan fingerprint density at radius 2 is 2.05 bits per heavy atom. The van der Waals surface area contributed by atoms with Crippen molar-refractivity contribution in [3.05, 3.63) is 66.1 Å². The van der Waals surface area contributed by atoms with Gasteiger partial charge in [-0.15, -0.1) is 0 Å². The smallest absolute Gasteiger partial charge is 0.322 e. The van der Waals surface area contributed by atoms with Gasteiger partial charge in [-0.1, -0.05) is 24.3 Å². The third-order valence-electron chi connectivity index (χ3n) is 3.97. The number of urea groups is 1. The number of imidazole rings is 1. The van der Waals surface area contributed by atoms with Crippen molar-refractivity contribution in [1.29, 1.82) is 0 Å². The van der Waals surface area contributed by atoms with E-state index in [1.807, 2.05) is 53.2 Å². The normalized spacial score (nSPS) is 13.4. The minimum atomic E-state index is -0.0676. The number of carbonyl (C=O) groups excluding carboxylic acids is 1. The average Bonchev–Trinajstić information content (AvgIpc) is 3.16. The summed E-state index contributed by atoms with van der Waals surface area (Å²) in [5.41, 5.74) is 3.98. The lowest BCUT2D eigenvalue weighted by Crippen LogP contribution is -2.38. The minimum absolute atomic E-state index is 0.0676. The van der Waals surface area contributed by atoms with Gasteiger partial charge in [0.25, 0.3) is 0 Å². The summed E-state index contributed by atoms with van der Waals surface area (Å²) >= 11 is 0. The lowest BCUT2D eigenvalue weighted by Gasteiger charge is -2.17. The molecule has 3 heterocycles. The third kappa shape index (κ3) is 2.20. The standard InChI is InChI=1S/C17H16N4O/c22-17(21-10-8-13-5-1-2-6-15(13)21)18-11-14-12-20-9-4-3-7-16(20)19-14/h1-7,9,12H,8,10-11H2,(H,18,22). The van der Waals surface area contributed by atoms with Crippen LogP contribution in [0, 0.1) is 0 Å². The van der Waals surface area contributed by atoms with Crippen LogP contribution in [0.1, 0.15) is 11.3 Å². The monoisotopic (exact) mass is 292 g/mol. The maximum Gasteiger partial charge on any atom is 0.322 e. The second-order valence-electron chi connectivity index (χ2n) is 5.39. The molecule has 1 N–H and O–H groups in total. The molecule has 2 amide bonds. The van der Waals surface area contributed by atoms with Crippen molar-refractivity contribution < 1.29 is 4.79 Å². The quantitative estimate of drug-likeness (QED) is 0.789. The molecule has 5 heteroatoms. The third-order valence-corrected chi connectivity index (χ3v) is 3.97. The molecule has 110 valence electrons. The highest BCUT2D eigenvalue weighted by Gasteiger charge is 2.23. The van der Waals surface area contributed by atoms with E-state index in [9.17, 15) is 4.79 Å². The molecule has 22 heavy (non-hydrogen) atoms. The van der Waals surface area contributed by atoms with Gasteiger partial charge in [-0.05, 0) is 30.2 Å². The molecule has 0 saturated heterocycles. The van der Waals surface area contributed by atoms with Crippen molar-refractivity contribution in [3.63, 3.8) is 0 Å². The molecule has 1 aromatic carbocycles. The van der Waals surface area contributed by atoms with Crippen molar-refractivity contribution in [3.8, 4) is 0 Å². The number of carbonyl (C=O) groups is 1. The van der Waals surface area contributed by atoms with Crippen LogP contribution in [-0.2, 0) is 13.0 Å². The Hall–Kier alpha value is -2.82. The van der Waals surface area contributed by atoms with Gasteiger partial charge >= 0.3 is 6.03 Å². The molecule has 0 unspecified atom stereocenters. The lowest BCUT2D eigenvalue weighted by molar-refractivity contribution is 0.246. The molecule has 0 fully saturated rings. The fourth-order valence-electron chi connectivity index (χ4n) is 2.88. The molecule has 0 radical (unpaired) electrons. The van der Waals surface area contributed by atoms with Gasteiger partial charge in [-0.25, -0.2) is 9.78 Å². The van der Waals surface area contributed by atoms with Gasteiger partial charge in [-0.3, -0.25) is 4.90 Å². The van der Waals surface area contributed by atoms with E-state index in [1.165, 1.54) is 5.56 Å². The highest BCUT2D eigenvalue weighted by Crippen LogP contribution is 2.27. The largest absolute Gasteiger partial charge is 0.332 e. The van der Waals surface area contributed by atoms with E-state index < -0.39 is 0 Å². The fourth-order valence-corrected chi connectivity index (χ4v) is 2.88. The molecule has 0 aliphatic carbocycles. The number of anilines is 1. The van der Waals surface area contributed by atoms with Gasteiger partial charge in [0, 0.05) is 24.6 Å². The molecule has 0 saturated carbocycles. The molecule has 0 spiro atoms. The van der Waals surface area contributed by atoms with Gasteiger partial charge < -0.3 is 9.72 Å². The summed E-state index contributed by atoms with van der Waals surface area (Å²) in [6.07, 6.45) is 4.80. The first-order chi connectivity index (χ1) is 10.8. The lowest BCUT2D eigenvalue weighted by atomic mass is 10.2. The topological polar surface area (TPSA) is 49.6 Å². The summed E-state index contributed by atoms with van der Waals surface area (Å²) < 4.78 is 1.95. The predicted octanol–water partition coefficient (Wildman–Crippen LogP) is 2.61. The Balaban J connectivity index is 1.47. The van der Waals surface area contributed by atoms with Crippen LogP contribution in [0.3, 0.4) is 0 Å². The van der Waals surface area contributed by atoms with E-state index >= 15 is 0 Å². The predicted molar refractivity (Wildman–Crippen MR) is 84.9 cm³/mol. The number of nitrogens with one attached hydrogen (secondary N) is 1. The van der Waals surface area contributed by atoms with E-state index in [-0.39, 0.29) is 6.03 Å². The van der Waals surface area contributed by atoms with Crippen molar-refractivity contribution in [2.45, 2.75) is 13.0 Å². The van der Waals surface area contributed by atoms with Gasteiger partial charge in [-0.2, -0.15) is 0 Å². The molecule has 4 rings (SSSR count). The van der Waals surface area contributed by atoms with E-state index in [2.05, 4.69) is 16.4 Å². The van der Waals surface area contributed by atoms with Crippen LogP contribution in [0.15, 0.2) is 54.9 Å². The number of pyridine rings is 1. The first-order valence-electron chi connectivity index (χ1n) is 7.37. The molecular weight excluding hydrogens is 276 g/mol. The summed E-state index contributed by atoms with van der Waals surface area (Å²) in [7, 11) is 0. The summed E-state index contributed by atoms with van der Waals surface area (Å²) in [4.78, 5) is 18.7. The Kier molecular flexibility index (Phi) is 3.04. The van der Waals surface area contributed by atoms with E-state index in [4.69, 9.17) is 0 Å². The van der Waals surface area contributed by atoms with Gasteiger partial charge in [0.1, 0.15) is 5.65 Å². The zero-order valence-electron chi connectivity index (χ0n) is 12.1. The number of hydrogen-bond donors (Lipinski definition) is 1. The van der Waals surface area contributed by atoms with Gasteiger partial charge in [0.2, 0.25) is 0 Å². The number of fused-ring (bicyclic) bond motifs is 2. The van der Waals surface area contributed by atoms with Crippen LogP contribution < -0.4 is 10.2 Å². The Bertz CT molecular complexity index is 806. The van der Waals surface area contributed by atoms with E-state index in [0.717, 1.165) is 30.0 Å². The number of nitrogens with zero attached hydrogens (tertiary/aromatic N) is 3. The SMILES string of the molecule is O=C(NCc1cn2ccccc2n1)N1CCc2ccccc21. The van der Waals surface area contributed by atoms with Crippen LogP contribution >= 0.6 is 0 Å². The molecule has 0 atom stereocenters. The first kappa shape index (κ1) is 12.9. The average molecular weight is 292 g/mol. The molecule has 2 aromatic heterocycles. The summed E-state index contributed by atoms with van der Waals surface area (Å²) in [6.45, 7) is 1.16. The van der Waals surface area contributed by atoms with Crippen LogP contribution in [0.25, 0.3) is 5.65 Å². The first-order valence-corrected chi connectivity index (χ1v) is 7.37. The molecule has 3 aromatic rings. The highest BCUT2D eigenvalue weighted by atomic mass is 16.2. The zero-order valence-corrected chi connectivity index (χ0v) is 12.1. The number of amides is 2. The van der Waals surface area contributed by atoms with Crippen molar-refractivity contribution in [1.82, 2.24) is 14.7 Å². The number of aromatic nitrogens is 2. The highest BCUT2D eigenvalue weighted by molar-refractivity contribution is 5.94. The molecule has 1 aliphatic rings. The molecule has 1 aliphatic heterocycles. The maximum atomic E-state index is 12.4. The van der Waals surface area contributed by atoms with Crippen LogP contribution in [0.2, 0.25) is 0 Å². The number of rotatable bonds is 2. The van der Waals surface area contributed by atoms with Crippen LogP contribution in [0.5, 0.6) is 0 Å². The molecular formula is C17H16N4O. The zero-order chi connectivity index (χ0) is 14.9. The van der Waals surface area contributed by atoms with Gasteiger partial charge in [0.05, 0.1) is 12.2 Å². The Morgan fingerprint density at radius 1 is 1.18 bits per heavy atom. The van der Waals surface area contributed by atoms with Crippen molar-refractivity contribution in [2.75, 3.05) is 11.4 Å². The molecule has 0 bridgehead atoms. The van der Waals surface area contributed by atoms with Crippen LogP contribution in [0.4, 0.5) is 10.5 Å². The Labute approximate surface area is 128 Å². The number of hydrogen-bond acceptors (Lipinski definition) is 2. The summed E-state index contributed by atoms with van der Waals surface area (Å²) in [6, 6.07) is 13.8. The van der Waals surface area contributed by atoms with Crippen LogP contribution in [-0.4, -0.2) is 22.0 Å². The van der Waals surface area contributed by atoms with E-state index in [1.54, 1.807) is 4.90 Å². The van der Waals surface area contributed by atoms with E-state index in [0.29, 0.717) is 6.54 Å². The Morgan fingerprint density at radius 3 is 2.95 bits per heavy atom. The summed E-state index contributed by atoms with van der Waals surface area (Å²) in [5, 5.41) is 2.95. The molecule has 5 nitrogen and oxygen atoms in total. The maximum absolute atomic E-state index is 12.4. The van der Waals surface area contributed by atoms with Gasteiger partial charge in [0.15, 0.2) is 0 Å².